The zero-order valence-electron chi connectivity index (χ0n) is 9.19. The second-order valence-corrected chi connectivity index (χ2v) is 4.64. The molecule has 0 spiro atoms. The minimum Gasteiger partial charge on any atom is -0.388 e. The molecule has 0 unspecified atom stereocenters. The molecule has 4 heteroatoms. The third-order valence-corrected chi connectivity index (χ3v) is 2.92. The van der Waals surface area contributed by atoms with Crippen LogP contribution in [0.5, 0.6) is 0 Å². The summed E-state index contributed by atoms with van der Waals surface area (Å²) in [5, 5.41) is 0. The molecule has 16 heavy (non-hydrogen) atoms. The predicted octanol–water partition coefficient (Wildman–Crippen LogP) is 2.03. The van der Waals surface area contributed by atoms with Crippen LogP contribution in [0.4, 0.5) is 0 Å². The van der Waals surface area contributed by atoms with Crippen molar-refractivity contribution in [2.45, 2.75) is 25.9 Å². The highest BCUT2D eigenvalue weighted by atomic mass is 32.1. The Hall–Kier alpha value is -1.00. The molecule has 1 saturated carbocycles. The number of ether oxygens (including phenoxy) is 1. The average Bonchev–Trinajstić information content (AvgIpc) is 3.09. The van der Waals surface area contributed by atoms with Crippen molar-refractivity contribution in [3.05, 3.63) is 29.6 Å². The molecule has 0 atom stereocenters. The Morgan fingerprint density at radius 2 is 2.38 bits per heavy atom. The first-order chi connectivity index (χ1) is 7.75. The van der Waals surface area contributed by atoms with Gasteiger partial charge in [-0.2, -0.15) is 0 Å². The van der Waals surface area contributed by atoms with Crippen molar-refractivity contribution < 1.29 is 4.74 Å². The van der Waals surface area contributed by atoms with E-state index in [-0.39, 0.29) is 0 Å². The third kappa shape index (κ3) is 3.54. The molecule has 1 aliphatic carbocycles. The Morgan fingerprint density at radius 3 is 3.06 bits per heavy atom. The lowest BCUT2D eigenvalue weighted by Crippen LogP contribution is -2.11. The number of thiocarbonyl (C=S) groups is 1. The SMILES string of the molecule is NC(=S)c1cc(COCCC2CC2)ccn1. The Kier molecular flexibility index (Phi) is 3.85. The number of aromatic nitrogens is 1. The van der Waals surface area contributed by atoms with Gasteiger partial charge in [-0.25, -0.2) is 0 Å². The van der Waals surface area contributed by atoms with Gasteiger partial charge in [0.2, 0.25) is 0 Å². The van der Waals surface area contributed by atoms with E-state index in [4.69, 9.17) is 22.7 Å². The van der Waals surface area contributed by atoms with Gasteiger partial charge in [-0.3, -0.25) is 4.98 Å². The lowest BCUT2D eigenvalue weighted by atomic mass is 10.2. The highest BCUT2D eigenvalue weighted by Gasteiger charge is 2.20. The summed E-state index contributed by atoms with van der Waals surface area (Å²) in [5.41, 5.74) is 7.26. The molecule has 86 valence electrons. The number of hydrogen-bond acceptors (Lipinski definition) is 3. The van der Waals surface area contributed by atoms with E-state index in [9.17, 15) is 0 Å². The Bertz CT molecular complexity index is 377. The molecule has 1 fully saturated rings. The number of nitrogens with two attached hydrogens (primary N) is 1. The summed E-state index contributed by atoms with van der Waals surface area (Å²) in [6, 6.07) is 3.82. The van der Waals surface area contributed by atoms with Gasteiger partial charge in [0, 0.05) is 12.8 Å². The zero-order valence-corrected chi connectivity index (χ0v) is 10.0. The monoisotopic (exact) mass is 236 g/mol. The van der Waals surface area contributed by atoms with Crippen LogP contribution >= 0.6 is 12.2 Å². The Labute approximate surface area is 101 Å². The van der Waals surface area contributed by atoms with Gasteiger partial charge in [-0.1, -0.05) is 25.1 Å². The molecule has 2 N–H and O–H groups in total. The molecule has 1 aromatic heterocycles. The molecule has 3 nitrogen and oxygen atoms in total. The summed E-state index contributed by atoms with van der Waals surface area (Å²) >= 11 is 4.87. The highest BCUT2D eigenvalue weighted by molar-refractivity contribution is 7.80. The molecular formula is C12H16N2OS. The fourth-order valence-corrected chi connectivity index (χ4v) is 1.66. The maximum atomic E-state index is 5.59. The van der Waals surface area contributed by atoms with Gasteiger partial charge in [-0.05, 0) is 30.0 Å². The molecule has 0 bridgehead atoms. The van der Waals surface area contributed by atoms with Gasteiger partial charge in [0.15, 0.2) is 0 Å². The number of rotatable bonds is 6. The summed E-state index contributed by atoms with van der Waals surface area (Å²) in [6.45, 7) is 1.46. The van der Waals surface area contributed by atoms with Crippen molar-refractivity contribution in [1.29, 1.82) is 0 Å². The van der Waals surface area contributed by atoms with E-state index in [0.29, 0.717) is 17.3 Å². The van der Waals surface area contributed by atoms with Crippen molar-refractivity contribution in [2.75, 3.05) is 6.61 Å². The fourth-order valence-electron chi connectivity index (χ4n) is 1.55. The molecule has 1 heterocycles. The molecule has 1 aromatic rings. The van der Waals surface area contributed by atoms with Crippen molar-refractivity contribution >= 4 is 17.2 Å². The lowest BCUT2D eigenvalue weighted by Gasteiger charge is -2.05. The highest BCUT2D eigenvalue weighted by Crippen LogP contribution is 2.32. The smallest absolute Gasteiger partial charge is 0.122 e. The van der Waals surface area contributed by atoms with Gasteiger partial charge >= 0.3 is 0 Å². The average molecular weight is 236 g/mol. The largest absolute Gasteiger partial charge is 0.388 e. The van der Waals surface area contributed by atoms with Gasteiger partial charge in [0.05, 0.1) is 12.3 Å². The maximum Gasteiger partial charge on any atom is 0.122 e. The minimum absolute atomic E-state index is 0.333. The fraction of sp³-hybridized carbons (Fsp3) is 0.500. The Morgan fingerprint density at radius 1 is 1.56 bits per heavy atom. The second kappa shape index (κ2) is 5.37. The molecular weight excluding hydrogens is 220 g/mol. The molecule has 2 rings (SSSR count). The zero-order chi connectivity index (χ0) is 11.4. The first-order valence-corrected chi connectivity index (χ1v) is 5.99. The van der Waals surface area contributed by atoms with E-state index in [1.165, 1.54) is 19.3 Å². The van der Waals surface area contributed by atoms with Crippen LogP contribution in [0.2, 0.25) is 0 Å². The normalized spacial score (nSPS) is 15.0. The van der Waals surface area contributed by atoms with Gasteiger partial charge in [0.1, 0.15) is 4.99 Å². The van der Waals surface area contributed by atoms with E-state index < -0.39 is 0 Å². The van der Waals surface area contributed by atoms with Crippen molar-refractivity contribution in [3.63, 3.8) is 0 Å². The summed E-state index contributed by atoms with van der Waals surface area (Å²) in [5.74, 6) is 0.921. The van der Waals surface area contributed by atoms with Crippen LogP contribution in [0, 0.1) is 5.92 Å². The van der Waals surface area contributed by atoms with Crippen LogP contribution < -0.4 is 5.73 Å². The maximum absolute atomic E-state index is 5.59. The summed E-state index contributed by atoms with van der Waals surface area (Å²) in [7, 11) is 0. The van der Waals surface area contributed by atoms with Gasteiger partial charge in [-0.15, -0.1) is 0 Å². The second-order valence-electron chi connectivity index (χ2n) is 4.20. The van der Waals surface area contributed by atoms with Crippen molar-refractivity contribution in [1.82, 2.24) is 4.98 Å². The molecule has 0 aromatic carbocycles. The van der Waals surface area contributed by atoms with Crippen LogP contribution in [-0.4, -0.2) is 16.6 Å². The summed E-state index contributed by atoms with van der Waals surface area (Å²) < 4.78 is 5.59. The minimum atomic E-state index is 0.333. The Balaban J connectivity index is 1.78. The van der Waals surface area contributed by atoms with Crippen molar-refractivity contribution in [2.24, 2.45) is 11.7 Å². The summed E-state index contributed by atoms with van der Waals surface area (Å²) in [6.07, 6.45) is 5.66. The molecule has 0 radical (unpaired) electrons. The topological polar surface area (TPSA) is 48.1 Å². The predicted molar refractivity (Wildman–Crippen MR) is 67.1 cm³/mol. The third-order valence-electron chi connectivity index (χ3n) is 2.71. The number of pyridine rings is 1. The van der Waals surface area contributed by atoms with Gasteiger partial charge in [0.25, 0.3) is 0 Å². The standard InChI is InChI=1S/C12H16N2OS/c13-12(16)11-7-10(3-5-14-11)8-15-6-4-9-1-2-9/h3,5,7,9H,1-2,4,6,8H2,(H2,13,16). The first kappa shape index (κ1) is 11.5. The lowest BCUT2D eigenvalue weighted by molar-refractivity contribution is 0.115. The van der Waals surface area contributed by atoms with Crippen LogP contribution in [0.1, 0.15) is 30.5 Å². The van der Waals surface area contributed by atoms with Crippen molar-refractivity contribution in [3.8, 4) is 0 Å². The van der Waals surface area contributed by atoms with Crippen LogP contribution in [0.15, 0.2) is 18.3 Å². The van der Waals surface area contributed by atoms with Crippen LogP contribution in [-0.2, 0) is 11.3 Å². The van der Waals surface area contributed by atoms with E-state index in [0.717, 1.165) is 18.1 Å². The first-order valence-electron chi connectivity index (χ1n) is 5.58. The van der Waals surface area contributed by atoms with E-state index in [2.05, 4.69) is 4.98 Å². The van der Waals surface area contributed by atoms with E-state index in [1.54, 1.807) is 6.20 Å². The quantitative estimate of drug-likeness (QED) is 0.606. The molecule has 1 aliphatic rings. The van der Waals surface area contributed by atoms with Gasteiger partial charge < -0.3 is 10.5 Å². The van der Waals surface area contributed by atoms with Crippen LogP contribution in [0.25, 0.3) is 0 Å². The number of nitrogens with zero attached hydrogens (tertiary/aromatic N) is 1. The molecule has 0 aliphatic heterocycles. The molecule has 0 amide bonds. The van der Waals surface area contributed by atoms with E-state index >= 15 is 0 Å². The number of hydrogen-bond donors (Lipinski definition) is 1. The summed E-state index contributed by atoms with van der Waals surface area (Å²) in [4.78, 5) is 4.42. The molecule has 0 saturated heterocycles. The van der Waals surface area contributed by atoms with E-state index in [1.807, 2.05) is 12.1 Å². The van der Waals surface area contributed by atoms with Crippen LogP contribution in [0.3, 0.4) is 0 Å².